The van der Waals surface area contributed by atoms with E-state index in [1.807, 2.05) is 6.20 Å². The van der Waals surface area contributed by atoms with Crippen molar-refractivity contribution in [1.29, 1.82) is 0 Å². The van der Waals surface area contributed by atoms with Gasteiger partial charge in [-0.25, -0.2) is 0 Å². The summed E-state index contributed by atoms with van der Waals surface area (Å²) in [4.78, 5) is 15.0. The number of piperidine rings is 1. The number of alkyl halides is 2. The molecule has 4 heterocycles. The Hall–Kier alpha value is -1.46. The first-order valence-electron chi connectivity index (χ1n) is 15.3. The van der Waals surface area contributed by atoms with Gasteiger partial charge in [-0.3, -0.25) is 9.98 Å². The first-order chi connectivity index (χ1) is 19.8. The van der Waals surface area contributed by atoms with E-state index in [1.54, 1.807) is 0 Å². The number of benzene rings is 1. The zero-order chi connectivity index (χ0) is 28.7. The Morgan fingerprint density at radius 1 is 1.12 bits per heavy atom. The molecule has 2 saturated heterocycles. The molecule has 5 nitrogen and oxygen atoms in total. The first-order valence-corrected chi connectivity index (χ1v) is 17.8. The summed E-state index contributed by atoms with van der Waals surface area (Å²) in [6.45, 7) is 15.6. The molecular weight excluding hydrogens is 732 g/mol. The van der Waals surface area contributed by atoms with Gasteiger partial charge in [0.25, 0.3) is 0 Å². The fourth-order valence-electron chi connectivity index (χ4n) is 7.14. The SMILES string of the molecule is C=C(CC1CC1)C(Cc1cccnc1C)C1=Nc2cc(C(=C)N3CC[C@@H]4CCN[C@@H]4C3)cc(CC(I)I)c2N(C)C1. The van der Waals surface area contributed by atoms with Crippen molar-refractivity contribution in [3.8, 4) is 0 Å². The maximum Gasteiger partial charge on any atom is 0.0873 e. The van der Waals surface area contributed by atoms with Gasteiger partial charge in [-0.2, -0.15) is 0 Å². The predicted octanol–water partition coefficient (Wildman–Crippen LogP) is 7.52. The van der Waals surface area contributed by atoms with Crippen LogP contribution in [0.2, 0.25) is 0 Å². The molecule has 1 aromatic heterocycles. The minimum Gasteiger partial charge on any atom is -0.370 e. The van der Waals surface area contributed by atoms with Gasteiger partial charge in [-0.05, 0) is 105 Å². The number of anilines is 1. The average molecular weight is 776 g/mol. The van der Waals surface area contributed by atoms with Crippen LogP contribution in [0.3, 0.4) is 0 Å². The third-order valence-corrected chi connectivity index (χ3v) is 10.5. The molecule has 0 radical (unpaired) electrons. The number of aliphatic imine (C=N–C) groups is 1. The fourth-order valence-corrected chi connectivity index (χ4v) is 8.09. The number of nitrogens with one attached hydrogen (secondary N) is 1. The number of hydrogen-bond donors (Lipinski definition) is 1. The molecule has 41 heavy (non-hydrogen) atoms. The molecule has 7 heteroatoms. The lowest BCUT2D eigenvalue weighted by atomic mass is 9.84. The van der Waals surface area contributed by atoms with Crippen LogP contribution in [0.5, 0.6) is 0 Å². The van der Waals surface area contributed by atoms with Crippen LogP contribution in [0, 0.1) is 24.7 Å². The second kappa shape index (κ2) is 12.6. The van der Waals surface area contributed by atoms with Gasteiger partial charge in [0.05, 0.1) is 19.9 Å². The molecule has 218 valence electrons. The largest absolute Gasteiger partial charge is 0.370 e. The molecule has 1 N–H and O–H groups in total. The van der Waals surface area contributed by atoms with Crippen molar-refractivity contribution in [1.82, 2.24) is 15.2 Å². The second-order valence-corrected chi connectivity index (χ2v) is 18.0. The van der Waals surface area contributed by atoms with E-state index in [-0.39, 0.29) is 5.92 Å². The standard InChI is InChI=1S/C34H43I2N5/c1-21(14-24-7-8-24)29(16-26-6-5-11-37-22(26)2)32-19-40(4)34-28(18-33(35)36)15-27(17-30(34)39-32)23(3)41-13-10-25-9-12-38-31(25)20-41/h5-6,11,15,17,24-25,29,31,33,38H,1,3,7-10,12-14,16,18-20H2,2,4H3/t25-,29?,31+/m0/s1. The molecule has 6 rings (SSSR count). The maximum atomic E-state index is 5.50. The summed E-state index contributed by atoms with van der Waals surface area (Å²) in [6, 6.07) is 9.60. The number of hydrogen-bond acceptors (Lipinski definition) is 5. The summed E-state index contributed by atoms with van der Waals surface area (Å²) in [6.07, 6.45) is 10.2. The van der Waals surface area contributed by atoms with E-state index >= 15 is 0 Å². The molecular formula is C34H43I2N5. The van der Waals surface area contributed by atoms with Crippen LogP contribution in [0.15, 0.2) is 54.2 Å². The summed E-state index contributed by atoms with van der Waals surface area (Å²) in [5.74, 6) is 1.85. The molecule has 3 fully saturated rings. The Bertz CT molecular complexity index is 1350. The third kappa shape index (κ3) is 6.71. The highest BCUT2D eigenvalue weighted by Gasteiger charge is 2.34. The smallest absolute Gasteiger partial charge is 0.0873 e. The Labute approximate surface area is 273 Å². The molecule has 1 saturated carbocycles. The van der Waals surface area contributed by atoms with E-state index < -0.39 is 0 Å². The van der Waals surface area contributed by atoms with E-state index in [4.69, 9.17) is 4.99 Å². The predicted molar refractivity (Wildman–Crippen MR) is 190 cm³/mol. The average Bonchev–Trinajstić information content (AvgIpc) is 3.63. The molecule has 1 aromatic carbocycles. The van der Waals surface area contributed by atoms with E-state index in [0.717, 1.165) is 74.4 Å². The third-order valence-electron chi connectivity index (χ3n) is 9.66. The minimum atomic E-state index is 0.221. The first kappa shape index (κ1) is 29.6. The van der Waals surface area contributed by atoms with Gasteiger partial charge < -0.3 is 15.1 Å². The molecule has 4 aliphatic rings. The molecule has 1 aliphatic carbocycles. The highest BCUT2D eigenvalue weighted by molar-refractivity contribution is 14.2. The zero-order valence-electron chi connectivity index (χ0n) is 24.5. The van der Waals surface area contributed by atoms with Crippen molar-refractivity contribution < 1.29 is 0 Å². The molecule has 0 amide bonds. The van der Waals surface area contributed by atoms with E-state index in [1.165, 1.54) is 59.3 Å². The molecule has 3 aliphatic heterocycles. The van der Waals surface area contributed by atoms with Crippen LogP contribution in [0.25, 0.3) is 5.70 Å². The van der Waals surface area contributed by atoms with Crippen LogP contribution < -0.4 is 10.2 Å². The van der Waals surface area contributed by atoms with Gasteiger partial charge in [0.1, 0.15) is 0 Å². The van der Waals surface area contributed by atoms with Gasteiger partial charge in [0.2, 0.25) is 0 Å². The number of halogens is 2. The quantitative estimate of drug-likeness (QED) is 0.154. The van der Waals surface area contributed by atoms with Crippen LogP contribution in [0.1, 0.15) is 54.5 Å². The van der Waals surface area contributed by atoms with Gasteiger partial charge in [0.15, 0.2) is 0 Å². The Kier molecular flexibility index (Phi) is 9.13. The Morgan fingerprint density at radius 3 is 2.71 bits per heavy atom. The number of aryl methyl sites for hydroxylation is 1. The number of allylic oxidation sites excluding steroid dienone is 1. The van der Waals surface area contributed by atoms with E-state index in [2.05, 4.69) is 117 Å². The summed E-state index contributed by atoms with van der Waals surface area (Å²) in [7, 11) is 2.24. The maximum absolute atomic E-state index is 5.50. The topological polar surface area (TPSA) is 43.8 Å². The molecule has 3 atom stereocenters. The number of fused-ring (bicyclic) bond motifs is 2. The van der Waals surface area contributed by atoms with Crippen LogP contribution >= 0.6 is 45.2 Å². The van der Waals surface area contributed by atoms with Crippen molar-refractivity contribution in [2.75, 3.05) is 38.1 Å². The van der Waals surface area contributed by atoms with E-state index in [9.17, 15) is 0 Å². The highest BCUT2D eigenvalue weighted by Crippen LogP contribution is 2.43. The van der Waals surface area contributed by atoms with Gasteiger partial charge >= 0.3 is 0 Å². The van der Waals surface area contributed by atoms with Crippen molar-refractivity contribution in [3.63, 3.8) is 0 Å². The molecule has 1 unspecified atom stereocenters. The fraction of sp³-hybridized carbons (Fsp3) is 0.529. The van der Waals surface area contributed by atoms with Gasteiger partial charge in [-0.1, -0.05) is 70.0 Å². The van der Waals surface area contributed by atoms with Crippen molar-refractivity contribution >= 4 is 68.0 Å². The lowest BCUT2D eigenvalue weighted by Crippen LogP contribution is -2.45. The van der Waals surface area contributed by atoms with Gasteiger partial charge in [0, 0.05) is 55.4 Å². The summed E-state index contributed by atoms with van der Waals surface area (Å²) in [5.41, 5.74) is 11.1. The normalized spacial score (nSPS) is 22.8. The van der Waals surface area contributed by atoms with Crippen LogP contribution in [0.4, 0.5) is 11.4 Å². The second-order valence-electron chi connectivity index (χ2n) is 12.7. The monoisotopic (exact) mass is 775 g/mol. The molecule has 0 bridgehead atoms. The lowest BCUT2D eigenvalue weighted by Gasteiger charge is -2.38. The summed E-state index contributed by atoms with van der Waals surface area (Å²) in [5, 5.41) is 3.73. The Balaban J connectivity index is 1.36. The zero-order valence-corrected chi connectivity index (χ0v) is 28.8. The van der Waals surface area contributed by atoms with Crippen LogP contribution in [-0.2, 0) is 12.8 Å². The lowest BCUT2D eigenvalue weighted by molar-refractivity contribution is 0.231. The summed E-state index contributed by atoms with van der Waals surface area (Å²) >= 11 is 5.09. The van der Waals surface area contributed by atoms with Crippen molar-refractivity contribution in [2.45, 2.75) is 59.8 Å². The van der Waals surface area contributed by atoms with E-state index in [0.29, 0.717) is 7.97 Å². The molecule has 0 spiro atoms. The van der Waals surface area contributed by atoms with Crippen molar-refractivity contribution in [3.05, 3.63) is 71.6 Å². The number of pyridine rings is 1. The van der Waals surface area contributed by atoms with Gasteiger partial charge in [-0.15, -0.1) is 0 Å². The Morgan fingerprint density at radius 2 is 1.95 bits per heavy atom. The highest BCUT2D eigenvalue weighted by atomic mass is 127. The number of rotatable bonds is 10. The number of nitrogens with zero attached hydrogens (tertiary/aromatic N) is 4. The molecule has 2 aromatic rings. The van der Waals surface area contributed by atoms with Crippen molar-refractivity contribution in [2.24, 2.45) is 22.7 Å². The minimum absolute atomic E-state index is 0.221. The summed E-state index contributed by atoms with van der Waals surface area (Å²) < 4.78 is 0.509. The number of aromatic nitrogens is 1. The number of likely N-dealkylation sites (tertiary alicyclic amines) is 1. The van der Waals surface area contributed by atoms with Crippen LogP contribution in [-0.4, -0.2) is 56.8 Å².